The van der Waals surface area contributed by atoms with E-state index in [-0.39, 0.29) is 58.3 Å². The molecule has 14 rings (SSSR count). The van der Waals surface area contributed by atoms with Gasteiger partial charge in [-0.05, 0) is 149 Å². The molecule has 2 heteroatoms. The van der Waals surface area contributed by atoms with E-state index in [0.717, 1.165) is 72.1 Å². The lowest BCUT2D eigenvalue weighted by molar-refractivity contribution is 0.616. The van der Waals surface area contributed by atoms with Crippen LogP contribution in [0.1, 0.15) is 52.7 Å². The van der Waals surface area contributed by atoms with Gasteiger partial charge in [-0.15, -0.1) is 0 Å². The van der Waals surface area contributed by atoms with E-state index in [1.165, 1.54) is 0 Å². The predicted octanol–water partition coefficient (Wildman–Crippen LogP) is 17.4. The first kappa shape index (κ1) is 34.3. The van der Waals surface area contributed by atoms with E-state index >= 15 is 0 Å². The Morgan fingerprint density at radius 2 is 0.786 bits per heavy atom. The van der Waals surface area contributed by atoms with Crippen molar-refractivity contribution in [3.05, 3.63) is 318 Å². The van der Waals surface area contributed by atoms with Crippen molar-refractivity contribution in [3.8, 4) is 33.4 Å². The largest absolute Gasteiger partial charge is 0.464 e. The molecule has 2 aliphatic rings. The average Bonchev–Trinajstić information content (AvgIpc) is 4.35. The van der Waals surface area contributed by atoms with Gasteiger partial charge in [-0.1, -0.05) is 206 Å². The molecule has 0 saturated heterocycles. The number of hydrogen-bond donors (Lipinski definition) is 0. The molecule has 0 radical (unpaired) electrons. The van der Waals surface area contributed by atoms with Crippen LogP contribution in [0.4, 0.5) is 17.1 Å². The molecular weight excluding hydrogens is 847 g/mol. The quantitative estimate of drug-likeness (QED) is 0.151. The van der Waals surface area contributed by atoms with Crippen molar-refractivity contribution < 1.29 is 12.6 Å². The topological polar surface area (TPSA) is 16.4 Å². The predicted molar refractivity (Wildman–Crippen MR) is 288 cm³/mol. The van der Waals surface area contributed by atoms with E-state index in [1.807, 2.05) is 47.4 Å². The summed E-state index contributed by atoms with van der Waals surface area (Å²) in [7, 11) is 0. The van der Waals surface area contributed by atoms with Crippen LogP contribution in [0.3, 0.4) is 0 Å². The summed E-state index contributed by atoms with van der Waals surface area (Å²) < 4.78 is 65.1. The SMILES string of the molecule is [2H]c1c(N(c2ccc3c(c2)C(c2ccccc2)(c2ccccc2)c2ccccc2-3)c2ccc3c(c2)C(c2ccccc2)(c2ccccc2)c2ccccc2-3)c([2H])c2c([2H])c([2H])c(-c3ccc4occc4c3)c([2H])c2c1[2H]. The summed E-state index contributed by atoms with van der Waals surface area (Å²) >= 11 is 0. The van der Waals surface area contributed by atoms with Gasteiger partial charge < -0.3 is 9.32 Å². The van der Waals surface area contributed by atoms with Gasteiger partial charge in [0, 0.05) is 22.4 Å². The van der Waals surface area contributed by atoms with Crippen LogP contribution in [0.5, 0.6) is 0 Å². The number of hydrogen-bond acceptors (Lipinski definition) is 2. The van der Waals surface area contributed by atoms with Gasteiger partial charge in [0.15, 0.2) is 0 Å². The molecule has 2 aliphatic carbocycles. The van der Waals surface area contributed by atoms with E-state index in [1.54, 1.807) is 24.5 Å². The Labute approximate surface area is 416 Å². The molecular formula is C68H45NO. The van der Waals surface area contributed by atoms with Crippen molar-refractivity contribution in [2.75, 3.05) is 4.90 Å². The van der Waals surface area contributed by atoms with Crippen molar-refractivity contribution >= 4 is 38.8 Å². The van der Waals surface area contributed by atoms with Crippen molar-refractivity contribution in [2.24, 2.45) is 0 Å². The maximum absolute atomic E-state index is 10.4. The highest BCUT2D eigenvalue weighted by Crippen LogP contribution is 2.59. The number of fused-ring (bicyclic) bond motifs is 8. The van der Waals surface area contributed by atoms with Gasteiger partial charge in [0.25, 0.3) is 0 Å². The second kappa shape index (κ2) is 15.8. The first-order chi connectivity index (χ1) is 37.2. The Bertz CT molecular complexity index is 4050. The number of anilines is 3. The number of benzene rings is 11. The second-order valence-electron chi connectivity index (χ2n) is 18.2. The van der Waals surface area contributed by atoms with Crippen molar-refractivity contribution in [1.29, 1.82) is 0 Å². The van der Waals surface area contributed by atoms with E-state index < -0.39 is 10.8 Å². The molecule has 70 heavy (non-hydrogen) atoms. The molecule has 0 aliphatic heterocycles. The van der Waals surface area contributed by atoms with Crippen LogP contribution >= 0.6 is 0 Å². The summed E-state index contributed by atoms with van der Waals surface area (Å²) in [6.07, 6.45) is 1.58. The van der Waals surface area contributed by atoms with Gasteiger partial charge in [-0.2, -0.15) is 0 Å². The highest BCUT2D eigenvalue weighted by molar-refractivity contribution is 5.96. The minimum atomic E-state index is -0.784. The van der Waals surface area contributed by atoms with Crippen LogP contribution in [0.2, 0.25) is 0 Å². The van der Waals surface area contributed by atoms with Crippen LogP contribution in [0, 0.1) is 0 Å². The first-order valence-corrected chi connectivity index (χ1v) is 23.7. The summed E-state index contributed by atoms with van der Waals surface area (Å²) in [5, 5.41) is 0.719. The van der Waals surface area contributed by atoms with Crippen LogP contribution in [0.15, 0.2) is 277 Å². The zero-order valence-corrected chi connectivity index (χ0v) is 37.9. The minimum absolute atomic E-state index is 0.0184. The second-order valence-corrected chi connectivity index (χ2v) is 18.2. The fourth-order valence-corrected chi connectivity index (χ4v) is 11.8. The van der Waals surface area contributed by atoms with Crippen molar-refractivity contribution in [3.63, 3.8) is 0 Å². The monoisotopic (exact) mass is 897 g/mol. The molecule has 0 fully saturated rings. The molecule has 1 heterocycles. The Balaban J connectivity index is 1.09. The average molecular weight is 898 g/mol. The third-order valence-corrected chi connectivity index (χ3v) is 14.7. The Hall–Kier alpha value is -8.98. The maximum atomic E-state index is 10.4. The van der Waals surface area contributed by atoms with E-state index in [2.05, 4.69) is 170 Å². The number of rotatable bonds is 8. The third-order valence-electron chi connectivity index (χ3n) is 14.7. The summed E-state index contributed by atoms with van der Waals surface area (Å²) in [5.41, 5.74) is 14.0. The van der Waals surface area contributed by atoms with Gasteiger partial charge in [0.05, 0.1) is 25.3 Å². The molecule has 0 amide bonds. The van der Waals surface area contributed by atoms with Gasteiger partial charge in [-0.25, -0.2) is 0 Å². The lowest BCUT2D eigenvalue weighted by atomic mass is 9.67. The lowest BCUT2D eigenvalue weighted by Gasteiger charge is -2.36. The Kier molecular flexibility index (Phi) is 7.75. The van der Waals surface area contributed by atoms with Crippen molar-refractivity contribution in [2.45, 2.75) is 10.8 Å². The highest BCUT2D eigenvalue weighted by Gasteiger charge is 2.48. The van der Waals surface area contributed by atoms with Gasteiger partial charge in [0.1, 0.15) is 5.58 Å². The standard InChI is InChI=1S/C68H45NO/c1-5-17-51(18-6-1)67(52-19-7-2-8-20-52)62-27-15-13-25-58(62)60-36-34-56(44-64(60)67)69(55-33-31-47-41-46(29-30-49(47)43-55)48-32-38-66-50(42-48)39-40-70-66)57-35-37-61-59-26-14-16-28-63(59)68(65(61)45-57,53-21-9-3-10-22-53)54-23-11-4-12-24-54/h1-45H/i29D,30D,31D,33D,41D,43D. The molecule has 1 aromatic heterocycles. The maximum Gasteiger partial charge on any atom is 0.133 e. The molecule has 11 aromatic carbocycles. The van der Waals surface area contributed by atoms with Gasteiger partial charge >= 0.3 is 0 Å². The fourth-order valence-electron chi connectivity index (χ4n) is 11.8. The van der Waals surface area contributed by atoms with Crippen LogP contribution < -0.4 is 4.90 Å². The van der Waals surface area contributed by atoms with Crippen LogP contribution in [-0.4, -0.2) is 0 Å². The highest BCUT2D eigenvalue weighted by atomic mass is 16.3. The summed E-state index contributed by atoms with van der Waals surface area (Å²) in [6.45, 7) is 0. The zero-order chi connectivity index (χ0) is 51.5. The Morgan fingerprint density at radius 3 is 1.31 bits per heavy atom. The molecule has 0 saturated carbocycles. The molecule has 0 bridgehead atoms. The van der Waals surface area contributed by atoms with E-state index in [4.69, 9.17) is 4.42 Å². The number of furan rings is 1. The molecule has 0 N–H and O–H groups in total. The summed E-state index contributed by atoms with van der Waals surface area (Å²) in [4.78, 5) is 1.92. The van der Waals surface area contributed by atoms with Gasteiger partial charge in [-0.3, -0.25) is 0 Å². The van der Waals surface area contributed by atoms with Crippen LogP contribution in [-0.2, 0) is 10.8 Å². The molecule has 0 atom stereocenters. The molecule has 0 unspecified atom stereocenters. The third kappa shape index (κ3) is 5.87. The fraction of sp³-hybridized carbons (Fsp3) is 0.0294. The zero-order valence-electron chi connectivity index (χ0n) is 43.9. The Morgan fingerprint density at radius 1 is 0.329 bits per heavy atom. The first-order valence-electron chi connectivity index (χ1n) is 26.7. The molecule has 12 aromatic rings. The number of nitrogens with zero attached hydrogens (tertiary/aromatic N) is 1. The normalized spacial score (nSPS) is 14.9. The van der Waals surface area contributed by atoms with E-state index in [0.29, 0.717) is 22.5 Å². The summed E-state index contributed by atoms with van der Waals surface area (Å²) in [6, 6.07) is 77.7. The smallest absolute Gasteiger partial charge is 0.133 e. The van der Waals surface area contributed by atoms with Crippen LogP contribution in [0.25, 0.3) is 55.1 Å². The minimum Gasteiger partial charge on any atom is -0.464 e. The molecule has 328 valence electrons. The van der Waals surface area contributed by atoms with Crippen molar-refractivity contribution in [1.82, 2.24) is 0 Å². The van der Waals surface area contributed by atoms with Gasteiger partial charge in [0.2, 0.25) is 0 Å². The summed E-state index contributed by atoms with van der Waals surface area (Å²) in [5.74, 6) is 0. The molecule has 2 nitrogen and oxygen atoms in total. The molecule has 0 spiro atoms. The van der Waals surface area contributed by atoms with E-state index in [9.17, 15) is 8.22 Å². The lowest BCUT2D eigenvalue weighted by Crippen LogP contribution is -2.29.